The van der Waals surface area contributed by atoms with Crippen molar-refractivity contribution in [2.24, 2.45) is 0 Å². The van der Waals surface area contributed by atoms with Gasteiger partial charge in [-0.05, 0) is 50.5 Å². The van der Waals surface area contributed by atoms with Crippen molar-refractivity contribution in [3.05, 3.63) is 64.7 Å². The van der Waals surface area contributed by atoms with Crippen molar-refractivity contribution in [3.8, 4) is 5.75 Å². The molecule has 0 aliphatic carbocycles. The van der Waals surface area contributed by atoms with Gasteiger partial charge in [-0.3, -0.25) is 4.79 Å². The molecule has 0 atom stereocenters. The zero-order chi connectivity index (χ0) is 20.7. The molecule has 0 unspecified atom stereocenters. The van der Waals surface area contributed by atoms with Crippen molar-refractivity contribution in [1.29, 1.82) is 0 Å². The maximum Gasteiger partial charge on any atom is 0.258 e. The Morgan fingerprint density at radius 2 is 1.75 bits per heavy atom. The summed E-state index contributed by atoms with van der Waals surface area (Å²) in [5, 5.41) is 2.79. The van der Waals surface area contributed by atoms with Crippen LogP contribution in [0.2, 0.25) is 0 Å². The summed E-state index contributed by atoms with van der Waals surface area (Å²) in [6, 6.07) is 12.8. The minimum absolute atomic E-state index is 0.0979. The fourth-order valence-electron chi connectivity index (χ4n) is 2.83. The molecule has 6 nitrogen and oxygen atoms in total. The van der Waals surface area contributed by atoms with E-state index in [1.165, 1.54) is 0 Å². The lowest BCUT2D eigenvalue weighted by molar-refractivity contribution is -0.123. The quantitative estimate of drug-likeness (QED) is 0.673. The van der Waals surface area contributed by atoms with E-state index in [0.717, 1.165) is 16.7 Å². The van der Waals surface area contributed by atoms with Gasteiger partial charge in [-0.25, -0.2) is 13.1 Å². The standard InChI is InChI=1S/C21H28N2O4S/c1-15(2)23-28(25,26)14-19-8-6-5-7-18(19)12-22-21(24)13-27-20-10-9-16(3)11-17(20)4/h5-11,15,23H,12-14H2,1-4H3,(H,22,24). The molecule has 2 N–H and O–H groups in total. The molecule has 0 spiro atoms. The molecule has 2 aromatic rings. The van der Waals surface area contributed by atoms with Crippen molar-refractivity contribution >= 4 is 15.9 Å². The van der Waals surface area contributed by atoms with Crippen LogP contribution in [0.15, 0.2) is 42.5 Å². The molecule has 0 heterocycles. The lowest BCUT2D eigenvalue weighted by atomic mass is 10.1. The number of sulfonamides is 1. The Balaban J connectivity index is 1.94. The van der Waals surface area contributed by atoms with Gasteiger partial charge in [-0.2, -0.15) is 0 Å². The Labute approximate surface area is 167 Å². The van der Waals surface area contributed by atoms with Gasteiger partial charge in [-0.15, -0.1) is 0 Å². The minimum Gasteiger partial charge on any atom is -0.484 e. The fraction of sp³-hybridized carbons (Fsp3) is 0.381. The van der Waals surface area contributed by atoms with Gasteiger partial charge in [0.2, 0.25) is 10.0 Å². The molecule has 1 amide bonds. The zero-order valence-corrected chi connectivity index (χ0v) is 17.6. The second-order valence-corrected chi connectivity index (χ2v) is 8.89. The molecule has 28 heavy (non-hydrogen) atoms. The van der Waals surface area contributed by atoms with E-state index in [1.807, 2.05) is 44.2 Å². The first-order valence-corrected chi connectivity index (χ1v) is 10.8. The molecule has 0 saturated heterocycles. The Hall–Kier alpha value is -2.38. The number of carbonyl (C=O) groups excluding carboxylic acids is 1. The van der Waals surface area contributed by atoms with Gasteiger partial charge < -0.3 is 10.1 Å². The molecule has 7 heteroatoms. The van der Waals surface area contributed by atoms with E-state index in [2.05, 4.69) is 10.0 Å². The van der Waals surface area contributed by atoms with Crippen LogP contribution in [0.3, 0.4) is 0 Å². The van der Waals surface area contributed by atoms with Crippen LogP contribution < -0.4 is 14.8 Å². The lowest BCUT2D eigenvalue weighted by Crippen LogP contribution is -2.32. The van der Waals surface area contributed by atoms with Gasteiger partial charge in [0.25, 0.3) is 5.91 Å². The highest BCUT2D eigenvalue weighted by molar-refractivity contribution is 7.88. The predicted molar refractivity (Wildman–Crippen MR) is 111 cm³/mol. The first-order valence-electron chi connectivity index (χ1n) is 9.20. The van der Waals surface area contributed by atoms with Crippen molar-refractivity contribution in [1.82, 2.24) is 10.0 Å². The van der Waals surface area contributed by atoms with Crippen molar-refractivity contribution in [2.45, 2.75) is 46.0 Å². The summed E-state index contributed by atoms with van der Waals surface area (Å²) in [4.78, 5) is 12.1. The fourth-order valence-corrected chi connectivity index (χ4v) is 4.32. The maximum atomic E-state index is 12.2. The van der Waals surface area contributed by atoms with Crippen molar-refractivity contribution in [3.63, 3.8) is 0 Å². The van der Waals surface area contributed by atoms with E-state index in [9.17, 15) is 13.2 Å². The number of benzene rings is 2. The molecule has 0 aliphatic rings. The molecular formula is C21H28N2O4S. The highest BCUT2D eigenvalue weighted by Gasteiger charge is 2.15. The third kappa shape index (κ3) is 6.98. The van der Waals surface area contributed by atoms with Gasteiger partial charge in [0.15, 0.2) is 6.61 Å². The number of amides is 1. The van der Waals surface area contributed by atoms with Gasteiger partial charge in [0.05, 0.1) is 5.75 Å². The zero-order valence-electron chi connectivity index (χ0n) is 16.8. The molecule has 0 aromatic heterocycles. The van der Waals surface area contributed by atoms with E-state index in [1.54, 1.807) is 26.0 Å². The number of ether oxygens (including phenoxy) is 1. The van der Waals surface area contributed by atoms with Crippen LogP contribution in [0.5, 0.6) is 5.75 Å². The smallest absolute Gasteiger partial charge is 0.258 e. The van der Waals surface area contributed by atoms with Crippen LogP contribution in [0, 0.1) is 13.8 Å². The topological polar surface area (TPSA) is 84.5 Å². The van der Waals surface area contributed by atoms with E-state index in [-0.39, 0.29) is 30.9 Å². The van der Waals surface area contributed by atoms with Crippen LogP contribution in [-0.4, -0.2) is 27.0 Å². The summed E-state index contributed by atoms with van der Waals surface area (Å²) in [7, 11) is -3.44. The van der Waals surface area contributed by atoms with E-state index < -0.39 is 10.0 Å². The summed E-state index contributed by atoms with van der Waals surface area (Å²) in [6.45, 7) is 7.63. The van der Waals surface area contributed by atoms with E-state index in [4.69, 9.17) is 4.74 Å². The monoisotopic (exact) mass is 404 g/mol. The molecule has 0 saturated carbocycles. The molecule has 0 fully saturated rings. The molecule has 0 radical (unpaired) electrons. The largest absolute Gasteiger partial charge is 0.484 e. The molecule has 152 valence electrons. The first kappa shape index (κ1) is 21.9. The number of hydrogen-bond acceptors (Lipinski definition) is 4. The number of rotatable bonds is 9. The van der Waals surface area contributed by atoms with Gasteiger partial charge in [-0.1, -0.05) is 42.0 Å². The SMILES string of the molecule is Cc1ccc(OCC(=O)NCc2ccccc2CS(=O)(=O)NC(C)C)c(C)c1. The van der Waals surface area contributed by atoms with Crippen LogP contribution in [-0.2, 0) is 27.1 Å². The Kier molecular flexibility index (Phi) is 7.60. The lowest BCUT2D eigenvalue weighted by Gasteiger charge is -2.14. The first-order chi connectivity index (χ1) is 13.2. The summed E-state index contributed by atoms with van der Waals surface area (Å²) in [5.74, 6) is 0.279. The molecule has 2 rings (SSSR count). The number of hydrogen-bond donors (Lipinski definition) is 2. The van der Waals surface area contributed by atoms with E-state index in [0.29, 0.717) is 11.3 Å². The highest BCUT2D eigenvalue weighted by Crippen LogP contribution is 2.18. The number of carbonyl (C=O) groups is 1. The predicted octanol–water partition coefficient (Wildman–Crippen LogP) is 2.83. The van der Waals surface area contributed by atoms with Crippen LogP contribution in [0.25, 0.3) is 0 Å². The molecule has 0 aliphatic heterocycles. The third-order valence-electron chi connectivity index (χ3n) is 4.04. The summed E-state index contributed by atoms with van der Waals surface area (Å²) in [5.41, 5.74) is 3.52. The Bertz CT molecular complexity index is 924. The Morgan fingerprint density at radius 1 is 1.07 bits per heavy atom. The minimum atomic E-state index is -3.44. The number of nitrogens with one attached hydrogen (secondary N) is 2. The van der Waals surface area contributed by atoms with E-state index >= 15 is 0 Å². The van der Waals surface area contributed by atoms with Gasteiger partial charge in [0, 0.05) is 12.6 Å². The molecular weight excluding hydrogens is 376 g/mol. The average Bonchev–Trinajstić information content (AvgIpc) is 2.58. The second-order valence-electron chi connectivity index (χ2n) is 7.13. The summed E-state index contributed by atoms with van der Waals surface area (Å²) < 4.78 is 32.5. The average molecular weight is 405 g/mol. The van der Waals surface area contributed by atoms with Crippen LogP contribution in [0.1, 0.15) is 36.1 Å². The highest BCUT2D eigenvalue weighted by atomic mass is 32.2. The van der Waals surface area contributed by atoms with Crippen molar-refractivity contribution < 1.29 is 17.9 Å². The molecule has 2 aromatic carbocycles. The molecule has 0 bridgehead atoms. The van der Waals surface area contributed by atoms with Crippen LogP contribution in [0.4, 0.5) is 0 Å². The Morgan fingerprint density at radius 3 is 2.39 bits per heavy atom. The second kappa shape index (κ2) is 9.71. The van der Waals surface area contributed by atoms with Gasteiger partial charge in [0.1, 0.15) is 5.75 Å². The number of aryl methyl sites for hydroxylation is 2. The van der Waals surface area contributed by atoms with Crippen LogP contribution >= 0.6 is 0 Å². The normalized spacial score (nSPS) is 11.5. The third-order valence-corrected chi connectivity index (χ3v) is 5.57. The van der Waals surface area contributed by atoms with Gasteiger partial charge >= 0.3 is 0 Å². The summed E-state index contributed by atoms with van der Waals surface area (Å²) >= 11 is 0. The van der Waals surface area contributed by atoms with Crippen molar-refractivity contribution in [2.75, 3.05) is 6.61 Å². The maximum absolute atomic E-state index is 12.2. The summed E-state index contributed by atoms with van der Waals surface area (Å²) in [6.07, 6.45) is 0.